The monoisotopic (exact) mass is 360 g/mol. The van der Waals surface area contributed by atoms with E-state index in [1.54, 1.807) is 0 Å². The molecule has 0 radical (unpaired) electrons. The molecule has 132 valence electrons. The first-order chi connectivity index (χ1) is 11.2. The molecule has 2 aliphatic rings. The van der Waals surface area contributed by atoms with E-state index in [2.05, 4.69) is 6.92 Å². The molecule has 0 saturated carbocycles. The van der Waals surface area contributed by atoms with Gasteiger partial charge in [-0.3, -0.25) is 9.59 Å². The van der Waals surface area contributed by atoms with Crippen LogP contribution >= 0.6 is 23.5 Å². The molecular weight excluding hydrogens is 332 g/mol. The fourth-order valence-corrected chi connectivity index (χ4v) is 5.33. The fraction of sp³-hybridized carbons (Fsp3) is 0.882. The maximum absolute atomic E-state index is 11.9. The standard InChI is InChI=1S/C17H28O4S2/c1-2-9-22-10-3-11-23-12-6-13(14-4-7-20-16(14)18)15-5-8-21-17(15)19/h13-15H,2-12H2,1H3. The normalized spacial score (nSPS) is 25.4. The molecule has 2 saturated heterocycles. The molecule has 0 amide bonds. The average molecular weight is 361 g/mol. The van der Waals surface area contributed by atoms with E-state index in [1.807, 2.05) is 23.5 Å². The Morgan fingerprint density at radius 3 is 2.00 bits per heavy atom. The van der Waals surface area contributed by atoms with Crippen molar-refractivity contribution in [2.24, 2.45) is 17.8 Å². The van der Waals surface area contributed by atoms with Crippen molar-refractivity contribution in [3.05, 3.63) is 0 Å². The summed E-state index contributed by atoms with van der Waals surface area (Å²) < 4.78 is 10.2. The SMILES string of the molecule is CCCSCCCSCCC(C1CCOC1=O)C1CCOC1=O. The lowest BCUT2D eigenvalue weighted by Crippen LogP contribution is -2.30. The van der Waals surface area contributed by atoms with Gasteiger partial charge in [0.25, 0.3) is 0 Å². The summed E-state index contributed by atoms with van der Waals surface area (Å²) in [6.45, 7) is 3.22. The maximum atomic E-state index is 11.9. The quantitative estimate of drug-likeness (QED) is 0.416. The lowest BCUT2D eigenvalue weighted by Gasteiger charge is -2.24. The summed E-state index contributed by atoms with van der Waals surface area (Å²) in [5.74, 6) is 4.31. The molecule has 0 bridgehead atoms. The number of carbonyl (C=O) groups is 2. The van der Waals surface area contributed by atoms with Crippen LogP contribution in [0.25, 0.3) is 0 Å². The summed E-state index contributed by atoms with van der Waals surface area (Å²) >= 11 is 3.97. The van der Waals surface area contributed by atoms with E-state index in [4.69, 9.17) is 9.47 Å². The van der Waals surface area contributed by atoms with Crippen molar-refractivity contribution in [2.45, 2.75) is 39.0 Å². The van der Waals surface area contributed by atoms with Gasteiger partial charge in [0.2, 0.25) is 0 Å². The van der Waals surface area contributed by atoms with Crippen molar-refractivity contribution >= 4 is 35.5 Å². The molecule has 2 atom stereocenters. The van der Waals surface area contributed by atoms with E-state index in [0.29, 0.717) is 13.2 Å². The summed E-state index contributed by atoms with van der Waals surface area (Å²) in [6.07, 6.45) is 4.90. The van der Waals surface area contributed by atoms with Crippen LogP contribution in [-0.2, 0) is 19.1 Å². The molecule has 2 heterocycles. The van der Waals surface area contributed by atoms with Gasteiger partial charge in [0.15, 0.2) is 0 Å². The van der Waals surface area contributed by atoms with E-state index >= 15 is 0 Å². The van der Waals surface area contributed by atoms with E-state index < -0.39 is 0 Å². The Kier molecular flexibility index (Phi) is 8.66. The molecule has 0 aromatic rings. The highest BCUT2D eigenvalue weighted by Crippen LogP contribution is 2.37. The van der Waals surface area contributed by atoms with Crippen LogP contribution in [0, 0.1) is 17.8 Å². The van der Waals surface area contributed by atoms with Crippen LogP contribution in [0.1, 0.15) is 39.0 Å². The zero-order chi connectivity index (χ0) is 16.5. The van der Waals surface area contributed by atoms with Gasteiger partial charge in [-0.05, 0) is 61.0 Å². The predicted molar refractivity (Wildman–Crippen MR) is 95.8 cm³/mol. The number of carbonyl (C=O) groups excluding carboxylic acids is 2. The van der Waals surface area contributed by atoms with Crippen molar-refractivity contribution in [1.82, 2.24) is 0 Å². The van der Waals surface area contributed by atoms with Crippen molar-refractivity contribution in [2.75, 3.05) is 36.2 Å². The second kappa shape index (κ2) is 10.5. The number of hydrogen-bond acceptors (Lipinski definition) is 6. The number of esters is 2. The van der Waals surface area contributed by atoms with Gasteiger partial charge in [-0.2, -0.15) is 23.5 Å². The van der Waals surface area contributed by atoms with Crippen molar-refractivity contribution in [3.63, 3.8) is 0 Å². The fourth-order valence-electron chi connectivity index (χ4n) is 3.31. The van der Waals surface area contributed by atoms with Crippen LogP contribution in [0.2, 0.25) is 0 Å². The molecule has 23 heavy (non-hydrogen) atoms. The molecule has 0 N–H and O–H groups in total. The third-order valence-corrected chi connectivity index (χ3v) is 6.88. The van der Waals surface area contributed by atoms with Crippen LogP contribution in [0.5, 0.6) is 0 Å². The lowest BCUT2D eigenvalue weighted by molar-refractivity contribution is -0.146. The summed E-state index contributed by atoms with van der Waals surface area (Å²) in [6, 6.07) is 0. The zero-order valence-electron chi connectivity index (χ0n) is 14.0. The predicted octanol–water partition coefficient (Wildman–Crippen LogP) is 3.39. The van der Waals surface area contributed by atoms with Gasteiger partial charge in [0.05, 0.1) is 25.0 Å². The summed E-state index contributed by atoms with van der Waals surface area (Å²) in [7, 11) is 0. The smallest absolute Gasteiger partial charge is 0.309 e. The largest absolute Gasteiger partial charge is 0.465 e. The molecular formula is C17H28O4S2. The Bertz CT molecular complexity index is 363. The summed E-state index contributed by atoms with van der Waals surface area (Å²) in [4.78, 5) is 23.9. The van der Waals surface area contributed by atoms with Gasteiger partial charge in [0, 0.05) is 0 Å². The first kappa shape index (κ1) is 19.0. The van der Waals surface area contributed by atoms with Gasteiger partial charge in [-0.1, -0.05) is 6.92 Å². The van der Waals surface area contributed by atoms with Gasteiger partial charge < -0.3 is 9.47 Å². The minimum atomic E-state index is -0.115. The molecule has 4 nitrogen and oxygen atoms in total. The third-order valence-electron chi connectivity index (χ3n) is 4.51. The van der Waals surface area contributed by atoms with Gasteiger partial charge in [-0.15, -0.1) is 0 Å². The minimum Gasteiger partial charge on any atom is -0.465 e. The molecule has 2 rings (SSSR count). The molecule has 0 aliphatic carbocycles. The van der Waals surface area contributed by atoms with Gasteiger partial charge in [0.1, 0.15) is 0 Å². The highest BCUT2D eigenvalue weighted by Gasteiger charge is 2.43. The average Bonchev–Trinajstić information content (AvgIpc) is 3.15. The Balaban J connectivity index is 1.72. The van der Waals surface area contributed by atoms with Crippen molar-refractivity contribution in [3.8, 4) is 0 Å². The van der Waals surface area contributed by atoms with E-state index in [0.717, 1.165) is 30.8 Å². The summed E-state index contributed by atoms with van der Waals surface area (Å²) in [5.41, 5.74) is 0. The summed E-state index contributed by atoms with van der Waals surface area (Å²) in [5, 5.41) is 0. The van der Waals surface area contributed by atoms with Crippen LogP contribution in [0.3, 0.4) is 0 Å². The molecule has 0 aromatic carbocycles. The Labute approximate surface area is 147 Å². The van der Waals surface area contributed by atoms with Gasteiger partial charge >= 0.3 is 11.9 Å². The Morgan fingerprint density at radius 1 is 0.957 bits per heavy atom. The Hall–Kier alpha value is -0.360. The second-order valence-electron chi connectivity index (χ2n) is 6.16. The van der Waals surface area contributed by atoms with Crippen molar-refractivity contribution in [1.29, 1.82) is 0 Å². The van der Waals surface area contributed by atoms with E-state index in [1.165, 1.54) is 24.3 Å². The van der Waals surface area contributed by atoms with E-state index in [-0.39, 0.29) is 29.7 Å². The number of rotatable bonds is 11. The molecule has 0 spiro atoms. The lowest BCUT2D eigenvalue weighted by atomic mass is 9.78. The second-order valence-corrected chi connectivity index (χ2v) is 8.61. The first-order valence-electron chi connectivity index (χ1n) is 8.72. The van der Waals surface area contributed by atoms with Crippen LogP contribution < -0.4 is 0 Å². The Morgan fingerprint density at radius 2 is 1.52 bits per heavy atom. The molecule has 2 unspecified atom stereocenters. The number of ether oxygens (including phenoxy) is 2. The van der Waals surface area contributed by atoms with Crippen LogP contribution in [0.15, 0.2) is 0 Å². The van der Waals surface area contributed by atoms with E-state index in [9.17, 15) is 9.59 Å². The molecule has 2 aliphatic heterocycles. The number of cyclic esters (lactones) is 2. The van der Waals surface area contributed by atoms with Gasteiger partial charge in [-0.25, -0.2) is 0 Å². The maximum Gasteiger partial charge on any atom is 0.309 e. The molecule has 2 fully saturated rings. The minimum absolute atomic E-state index is 0.0990. The third kappa shape index (κ3) is 5.89. The highest BCUT2D eigenvalue weighted by molar-refractivity contribution is 8.00. The first-order valence-corrected chi connectivity index (χ1v) is 11.0. The molecule has 6 heteroatoms. The van der Waals surface area contributed by atoms with Crippen molar-refractivity contribution < 1.29 is 19.1 Å². The number of hydrogen-bond donors (Lipinski definition) is 0. The molecule has 0 aromatic heterocycles. The highest BCUT2D eigenvalue weighted by atomic mass is 32.2. The number of thioether (sulfide) groups is 2. The zero-order valence-corrected chi connectivity index (χ0v) is 15.6. The van der Waals surface area contributed by atoms with Crippen LogP contribution in [-0.4, -0.2) is 48.2 Å². The topological polar surface area (TPSA) is 52.6 Å². The van der Waals surface area contributed by atoms with Crippen LogP contribution in [0.4, 0.5) is 0 Å².